The molecule has 2 N–H and O–H groups in total. The molecule has 1 atom stereocenters. The summed E-state index contributed by atoms with van der Waals surface area (Å²) in [6.45, 7) is 3.95. The highest BCUT2D eigenvalue weighted by Gasteiger charge is 2.22. The van der Waals surface area contributed by atoms with Crippen LogP contribution < -0.4 is 10.6 Å². The van der Waals surface area contributed by atoms with E-state index in [9.17, 15) is 9.18 Å². The van der Waals surface area contributed by atoms with Gasteiger partial charge in [0.2, 0.25) is 0 Å². The van der Waals surface area contributed by atoms with Crippen molar-refractivity contribution in [3.05, 3.63) is 42.2 Å². The number of hydrogen-bond donors (Lipinski definition) is 2. The van der Waals surface area contributed by atoms with Crippen molar-refractivity contribution in [3.63, 3.8) is 0 Å². The average molecular weight is 266 g/mol. The molecule has 3 nitrogen and oxygen atoms in total. The van der Waals surface area contributed by atoms with Gasteiger partial charge in [0, 0.05) is 17.2 Å². The van der Waals surface area contributed by atoms with E-state index >= 15 is 0 Å². The summed E-state index contributed by atoms with van der Waals surface area (Å²) in [4.78, 5) is 12.6. The SMILES string of the molecule is C=CCNC(=O)NC1CCSc2ccc(F)cc21. The van der Waals surface area contributed by atoms with Crippen LogP contribution in [0, 0.1) is 5.82 Å². The highest BCUT2D eigenvalue weighted by Crippen LogP contribution is 2.36. The van der Waals surface area contributed by atoms with Crippen LogP contribution in [0.1, 0.15) is 18.0 Å². The molecule has 0 bridgehead atoms. The van der Waals surface area contributed by atoms with E-state index in [-0.39, 0.29) is 17.9 Å². The molecule has 0 saturated heterocycles. The van der Waals surface area contributed by atoms with Gasteiger partial charge in [-0.1, -0.05) is 6.08 Å². The van der Waals surface area contributed by atoms with E-state index in [1.54, 1.807) is 23.9 Å². The molecule has 0 fully saturated rings. The van der Waals surface area contributed by atoms with Gasteiger partial charge < -0.3 is 10.6 Å². The van der Waals surface area contributed by atoms with Crippen LogP contribution in [0.5, 0.6) is 0 Å². The van der Waals surface area contributed by atoms with Crippen molar-refractivity contribution in [1.29, 1.82) is 0 Å². The molecule has 0 radical (unpaired) electrons. The van der Waals surface area contributed by atoms with Gasteiger partial charge in [-0.15, -0.1) is 18.3 Å². The Labute approximate surface area is 110 Å². The fourth-order valence-corrected chi connectivity index (χ4v) is 2.99. The molecule has 0 saturated carbocycles. The van der Waals surface area contributed by atoms with Gasteiger partial charge in [0.25, 0.3) is 0 Å². The van der Waals surface area contributed by atoms with E-state index in [0.717, 1.165) is 22.6 Å². The summed E-state index contributed by atoms with van der Waals surface area (Å²) in [5.41, 5.74) is 0.861. The zero-order valence-electron chi connectivity index (χ0n) is 9.91. The summed E-state index contributed by atoms with van der Waals surface area (Å²) >= 11 is 1.69. The Kier molecular flexibility index (Phi) is 4.25. The molecule has 1 unspecified atom stereocenters. The van der Waals surface area contributed by atoms with E-state index in [1.165, 1.54) is 12.1 Å². The lowest BCUT2D eigenvalue weighted by Gasteiger charge is -2.26. The number of urea groups is 1. The Hall–Kier alpha value is -1.49. The first-order valence-corrected chi connectivity index (χ1v) is 6.77. The molecule has 0 aromatic heterocycles. The third-order valence-corrected chi connectivity index (χ3v) is 3.85. The van der Waals surface area contributed by atoms with Gasteiger partial charge in [0.15, 0.2) is 0 Å². The largest absolute Gasteiger partial charge is 0.335 e. The Morgan fingerprint density at radius 1 is 1.61 bits per heavy atom. The first-order valence-electron chi connectivity index (χ1n) is 5.78. The number of amides is 2. The van der Waals surface area contributed by atoms with E-state index in [4.69, 9.17) is 0 Å². The molecule has 0 aliphatic carbocycles. The van der Waals surface area contributed by atoms with Crippen molar-refractivity contribution in [3.8, 4) is 0 Å². The van der Waals surface area contributed by atoms with Crippen molar-refractivity contribution in [2.24, 2.45) is 0 Å². The minimum absolute atomic E-state index is 0.123. The first kappa shape index (κ1) is 13.0. The number of halogens is 1. The summed E-state index contributed by atoms with van der Waals surface area (Å²) in [6.07, 6.45) is 2.42. The van der Waals surface area contributed by atoms with Gasteiger partial charge in [-0.25, -0.2) is 9.18 Å². The monoisotopic (exact) mass is 266 g/mol. The fraction of sp³-hybridized carbons (Fsp3) is 0.308. The van der Waals surface area contributed by atoms with E-state index < -0.39 is 0 Å². The van der Waals surface area contributed by atoms with Gasteiger partial charge in [-0.2, -0.15) is 0 Å². The lowest BCUT2D eigenvalue weighted by atomic mass is 10.0. The Balaban J connectivity index is 2.09. The average Bonchev–Trinajstić information content (AvgIpc) is 2.37. The summed E-state index contributed by atoms with van der Waals surface area (Å²) in [5, 5.41) is 5.52. The minimum atomic E-state index is -0.269. The minimum Gasteiger partial charge on any atom is -0.335 e. The number of carbonyl (C=O) groups excluding carboxylic acids is 1. The summed E-state index contributed by atoms with van der Waals surface area (Å²) in [6, 6.07) is 4.35. The Bertz CT molecular complexity index is 464. The number of thioether (sulfide) groups is 1. The summed E-state index contributed by atoms with van der Waals surface area (Å²) in [7, 11) is 0. The smallest absolute Gasteiger partial charge is 0.315 e. The number of nitrogens with one attached hydrogen (secondary N) is 2. The molecule has 1 aliphatic heterocycles. The van der Waals surface area contributed by atoms with Gasteiger partial charge in [-0.3, -0.25) is 0 Å². The normalized spacial score (nSPS) is 17.7. The van der Waals surface area contributed by atoms with Gasteiger partial charge in [-0.05, 0) is 30.2 Å². The number of hydrogen-bond acceptors (Lipinski definition) is 2. The molecule has 5 heteroatoms. The highest BCUT2D eigenvalue weighted by atomic mass is 32.2. The second-order valence-corrected chi connectivity index (χ2v) is 5.15. The van der Waals surface area contributed by atoms with Crippen molar-refractivity contribution in [2.45, 2.75) is 17.4 Å². The van der Waals surface area contributed by atoms with Crippen LogP contribution in [0.15, 0.2) is 35.7 Å². The molecular weight excluding hydrogens is 251 g/mol. The highest BCUT2D eigenvalue weighted by molar-refractivity contribution is 7.99. The number of fused-ring (bicyclic) bond motifs is 1. The second kappa shape index (κ2) is 5.91. The maximum Gasteiger partial charge on any atom is 0.315 e. The molecule has 2 rings (SSSR count). The molecular formula is C13H15FN2OS. The molecule has 2 amide bonds. The zero-order valence-corrected chi connectivity index (χ0v) is 10.7. The van der Waals surface area contributed by atoms with Crippen LogP contribution in [0.25, 0.3) is 0 Å². The predicted molar refractivity (Wildman–Crippen MR) is 71.2 cm³/mol. The van der Waals surface area contributed by atoms with Crippen LogP contribution >= 0.6 is 11.8 Å². The van der Waals surface area contributed by atoms with E-state index in [2.05, 4.69) is 17.2 Å². The number of benzene rings is 1. The number of carbonyl (C=O) groups is 1. The lowest BCUT2D eigenvalue weighted by Crippen LogP contribution is -2.39. The third kappa shape index (κ3) is 3.04. The second-order valence-electron chi connectivity index (χ2n) is 4.01. The molecule has 1 aromatic carbocycles. The maximum atomic E-state index is 13.3. The van der Waals surface area contributed by atoms with E-state index in [0.29, 0.717) is 6.54 Å². The third-order valence-electron chi connectivity index (χ3n) is 2.72. The van der Waals surface area contributed by atoms with Crippen molar-refractivity contribution >= 4 is 17.8 Å². The standard InChI is InChI=1S/C13H15FN2OS/c1-2-6-15-13(17)16-11-5-7-18-12-4-3-9(14)8-10(11)12/h2-4,8,11H,1,5-7H2,(H2,15,16,17). The zero-order chi connectivity index (χ0) is 13.0. The first-order chi connectivity index (χ1) is 8.70. The lowest BCUT2D eigenvalue weighted by molar-refractivity contribution is 0.237. The summed E-state index contributed by atoms with van der Waals surface area (Å²) < 4.78 is 13.3. The molecule has 1 heterocycles. The molecule has 1 aromatic rings. The molecule has 1 aliphatic rings. The van der Waals surface area contributed by atoms with Crippen LogP contribution in [0.2, 0.25) is 0 Å². The Morgan fingerprint density at radius 2 is 2.44 bits per heavy atom. The van der Waals surface area contributed by atoms with Gasteiger partial charge >= 0.3 is 6.03 Å². The van der Waals surface area contributed by atoms with Crippen LogP contribution in [-0.4, -0.2) is 18.3 Å². The van der Waals surface area contributed by atoms with Crippen molar-refractivity contribution < 1.29 is 9.18 Å². The topological polar surface area (TPSA) is 41.1 Å². The number of rotatable bonds is 3. The van der Waals surface area contributed by atoms with Crippen LogP contribution in [0.3, 0.4) is 0 Å². The quantitative estimate of drug-likeness (QED) is 0.826. The van der Waals surface area contributed by atoms with Gasteiger partial charge in [0.05, 0.1) is 6.04 Å². The molecule has 96 valence electrons. The van der Waals surface area contributed by atoms with Crippen molar-refractivity contribution in [1.82, 2.24) is 10.6 Å². The fourth-order valence-electron chi connectivity index (χ4n) is 1.89. The molecule has 0 spiro atoms. The Morgan fingerprint density at radius 3 is 3.22 bits per heavy atom. The van der Waals surface area contributed by atoms with Crippen LogP contribution in [0.4, 0.5) is 9.18 Å². The predicted octanol–water partition coefficient (Wildman–Crippen LogP) is 2.85. The summed E-state index contributed by atoms with van der Waals surface area (Å²) in [5.74, 6) is 0.653. The van der Waals surface area contributed by atoms with Crippen molar-refractivity contribution in [2.75, 3.05) is 12.3 Å². The molecule has 18 heavy (non-hydrogen) atoms. The maximum absolute atomic E-state index is 13.3. The van der Waals surface area contributed by atoms with Gasteiger partial charge in [0.1, 0.15) is 5.82 Å². The van der Waals surface area contributed by atoms with Crippen LogP contribution in [-0.2, 0) is 0 Å². The van der Waals surface area contributed by atoms with E-state index in [1.807, 2.05) is 0 Å².